The van der Waals surface area contributed by atoms with E-state index in [4.69, 9.17) is 9.47 Å². The molecule has 1 aromatic heterocycles. The summed E-state index contributed by atoms with van der Waals surface area (Å²) in [5, 5.41) is 8.78. The van der Waals surface area contributed by atoms with E-state index >= 15 is 0 Å². The van der Waals surface area contributed by atoms with Crippen molar-refractivity contribution in [3.8, 4) is 11.5 Å². The minimum absolute atomic E-state index is 0.246. The van der Waals surface area contributed by atoms with Crippen LogP contribution < -0.4 is 20.1 Å². The first-order valence-electron chi connectivity index (χ1n) is 8.51. The number of carbonyl (C=O) groups is 1. The second-order valence-corrected chi connectivity index (χ2v) is 6.12. The standard InChI is InChI=1S/C19H16F2N4O3/c20-14-4-3-5-15(21)18(14)24-19(26)23-12-8-22-25(9-12)10-13-11-27-16-6-1-2-7-17(16)28-13/h1-9,13H,10-11H2,(H2,23,24,26)/t13-/m0/s1. The van der Waals surface area contributed by atoms with Crippen LogP contribution >= 0.6 is 0 Å². The number of urea groups is 1. The van der Waals surface area contributed by atoms with Gasteiger partial charge in [-0.1, -0.05) is 18.2 Å². The van der Waals surface area contributed by atoms with E-state index in [0.29, 0.717) is 30.3 Å². The molecule has 0 aliphatic carbocycles. The van der Waals surface area contributed by atoms with E-state index < -0.39 is 23.4 Å². The summed E-state index contributed by atoms with van der Waals surface area (Å²) in [6.07, 6.45) is 2.76. The molecule has 2 heterocycles. The molecule has 0 bridgehead atoms. The number of carbonyl (C=O) groups excluding carboxylic acids is 1. The Morgan fingerprint density at radius 2 is 1.86 bits per heavy atom. The molecule has 0 unspecified atom stereocenters. The summed E-state index contributed by atoms with van der Waals surface area (Å²) in [5.74, 6) is -0.365. The molecule has 0 saturated heterocycles. The van der Waals surface area contributed by atoms with Gasteiger partial charge in [-0.05, 0) is 24.3 Å². The predicted octanol–water partition coefficient (Wildman–Crippen LogP) is 3.65. The third kappa shape index (κ3) is 3.88. The highest BCUT2D eigenvalue weighted by atomic mass is 19.1. The number of ether oxygens (including phenoxy) is 2. The van der Waals surface area contributed by atoms with Crippen LogP contribution in [-0.2, 0) is 6.54 Å². The summed E-state index contributed by atoms with van der Waals surface area (Å²) < 4.78 is 40.3. The minimum Gasteiger partial charge on any atom is -0.486 e. The van der Waals surface area contributed by atoms with Gasteiger partial charge in [-0.15, -0.1) is 0 Å². The second kappa shape index (κ2) is 7.55. The molecule has 9 heteroatoms. The molecule has 7 nitrogen and oxygen atoms in total. The molecule has 4 rings (SSSR count). The van der Waals surface area contributed by atoms with Crippen LogP contribution in [0.4, 0.5) is 25.0 Å². The molecule has 2 aromatic carbocycles. The van der Waals surface area contributed by atoms with E-state index in [2.05, 4.69) is 15.7 Å². The van der Waals surface area contributed by atoms with Crippen LogP contribution in [0.1, 0.15) is 0 Å². The van der Waals surface area contributed by atoms with Crippen molar-refractivity contribution in [2.24, 2.45) is 0 Å². The van der Waals surface area contributed by atoms with Crippen LogP contribution in [0.5, 0.6) is 11.5 Å². The van der Waals surface area contributed by atoms with Crippen molar-refractivity contribution in [2.75, 3.05) is 17.2 Å². The number of aromatic nitrogens is 2. The fraction of sp³-hybridized carbons (Fsp3) is 0.158. The summed E-state index contributed by atoms with van der Waals surface area (Å²) in [5.41, 5.74) is -0.148. The highest BCUT2D eigenvalue weighted by molar-refractivity contribution is 5.99. The molecule has 0 spiro atoms. The average Bonchev–Trinajstić information content (AvgIpc) is 3.11. The quantitative estimate of drug-likeness (QED) is 0.718. The van der Waals surface area contributed by atoms with Crippen molar-refractivity contribution in [2.45, 2.75) is 12.6 Å². The molecule has 2 amide bonds. The summed E-state index contributed by atoms with van der Waals surface area (Å²) >= 11 is 0. The highest BCUT2D eigenvalue weighted by Crippen LogP contribution is 2.31. The van der Waals surface area contributed by atoms with E-state index in [-0.39, 0.29) is 6.10 Å². The first-order valence-corrected chi connectivity index (χ1v) is 8.51. The molecule has 2 N–H and O–H groups in total. The molecule has 1 atom stereocenters. The van der Waals surface area contributed by atoms with Gasteiger partial charge in [0.15, 0.2) is 17.6 Å². The van der Waals surface area contributed by atoms with E-state index in [1.807, 2.05) is 24.3 Å². The summed E-state index contributed by atoms with van der Waals surface area (Å²) in [6, 6.07) is 9.93. The van der Waals surface area contributed by atoms with E-state index in [1.165, 1.54) is 12.3 Å². The number of hydrogen-bond donors (Lipinski definition) is 2. The van der Waals surface area contributed by atoms with Gasteiger partial charge >= 0.3 is 6.03 Å². The zero-order chi connectivity index (χ0) is 19.5. The number of rotatable bonds is 4. The van der Waals surface area contributed by atoms with E-state index in [9.17, 15) is 13.6 Å². The van der Waals surface area contributed by atoms with Gasteiger partial charge in [0.25, 0.3) is 0 Å². The van der Waals surface area contributed by atoms with Crippen molar-refractivity contribution in [1.29, 1.82) is 0 Å². The first-order chi connectivity index (χ1) is 13.6. The van der Waals surface area contributed by atoms with Crippen molar-refractivity contribution in [3.63, 3.8) is 0 Å². The zero-order valence-electron chi connectivity index (χ0n) is 14.6. The number of hydrogen-bond acceptors (Lipinski definition) is 4. The van der Waals surface area contributed by atoms with Gasteiger partial charge < -0.3 is 20.1 Å². The first kappa shape index (κ1) is 17.8. The average molecular weight is 386 g/mol. The fourth-order valence-corrected chi connectivity index (χ4v) is 2.78. The van der Waals surface area contributed by atoms with Crippen LogP contribution in [-0.4, -0.2) is 28.5 Å². The Kier molecular flexibility index (Phi) is 4.79. The van der Waals surface area contributed by atoms with Gasteiger partial charge in [-0.25, -0.2) is 13.6 Å². The number of amides is 2. The van der Waals surface area contributed by atoms with E-state index in [1.54, 1.807) is 10.9 Å². The number of nitrogens with zero attached hydrogens (tertiary/aromatic N) is 2. The second-order valence-electron chi connectivity index (χ2n) is 6.12. The van der Waals surface area contributed by atoms with Crippen molar-refractivity contribution in [3.05, 3.63) is 66.5 Å². The molecule has 28 heavy (non-hydrogen) atoms. The van der Waals surface area contributed by atoms with Crippen LogP contribution in [0, 0.1) is 11.6 Å². The Morgan fingerprint density at radius 3 is 2.64 bits per heavy atom. The lowest BCUT2D eigenvalue weighted by molar-refractivity contribution is 0.0759. The summed E-state index contributed by atoms with van der Waals surface area (Å²) in [4.78, 5) is 12.0. The van der Waals surface area contributed by atoms with Gasteiger partial charge in [-0.2, -0.15) is 5.10 Å². The Morgan fingerprint density at radius 1 is 1.11 bits per heavy atom. The molecule has 1 aliphatic rings. The summed E-state index contributed by atoms with van der Waals surface area (Å²) in [7, 11) is 0. The van der Waals surface area contributed by atoms with E-state index in [0.717, 1.165) is 12.1 Å². The Hall–Kier alpha value is -3.62. The smallest absolute Gasteiger partial charge is 0.323 e. The fourth-order valence-electron chi connectivity index (χ4n) is 2.78. The van der Waals surface area contributed by atoms with Gasteiger partial charge in [0.1, 0.15) is 23.9 Å². The summed E-state index contributed by atoms with van der Waals surface area (Å²) in [6.45, 7) is 0.770. The molecule has 0 fully saturated rings. The Balaban J connectivity index is 1.35. The minimum atomic E-state index is -0.861. The number of halogens is 2. The maximum atomic E-state index is 13.6. The normalized spacial score (nSPS) is 15.1. The molecule has 3 aromatic rings. The van der Waals surface area contributed by atoms with Crippen molar-refractivity contribution < 1.29 is 23.0 Å². The lowest BCUT2D eigenvalue weighted by atomic mass is 10.2. The third-order valence-electron chi connectivity index (χ3n) is 4.05. The van der Waals surface area contributed by atoms with Crippen LogP contribution in [0.2, 0.25) is 0 Å². The maximum absolute atomic E-state index is 13.6. The molecule has 1 aliphatic heterocycles. The van der Waals surface area contributed by atoms with Gasteiger partial charge in [0.2, 0.25) is 0 Å². The Labute approximate surface area is 158 Å². The number of fused-ring (bicyclic) bond motifs is 1. The molecular formula is C19H16F2N4O3. The van der Waals surface area contributed by atoms with Crippen LogP contribution in [0.3, 0.4) is 0 Å². The lowest BCUT2D eigenvalue weighted by Gasteiger charge is -2.26. The maximum Gasteiger partial charge on any atom is 0.323 e. The molecule has 0 radical (unpaired) electrons. The van der Waals surface area contributed by atoms with Gasteiger partial charge in [-0.3, -0.25) is 4.68 Å². The van der Waals surface area contributed by atoms with Gasteiger partial charge in [0.05, 0.1) is 18.4 Å². The largest absolute Gasteiger partial charge is 0.486 e. The predicted molar refractivity (Wildman–Crippen MR) is 97.6 cm³/mol. The number of para-hydroxylation sites is 3. The monoisotopic (exact) mass is 386 g/mol. The molecular weight excluding hydrogens is 370 g/mol. The number of nitrogens with one attached hydrogen (secondary N) is 2. The van der Waals surface area contributed by atoms with Gasteiger partial charge in [0, 0.05) is 6.20 Å². The topological polar surface area (TPSA) is 77.4 Å². The highest BCUT2D eigenvalue weighted by Gasteiger charge is 2.21. The number of benzene rings is 2. The zero-order valence-corrected chi connectivity index (χ0v) is 14.6. The Bertz CT molecular complexity index is 988. The van der Waals surface area contributed by atoms with Crippen LogP contribution in [0.25, 0.3) is 0 Å². The lowest BCUT2D eigenvalue weighted by Crippen LogP contribution is -2.33. The third-order valence-corrected chi connectivity index (χ3v) is 4.05. The van der Waals surface area contributed by atoms with Crippen molar-refractivity contribution in [1.82, 2.24) is 9.78 Å². The molecule has 144 valence electrons. The SMILES string of the molecule is O=C(Nc1cnn(C[C@H]2COc3ccccc3O2)c1)Nc1c(F)cccc1F. The van der Waals surface area contributed by atoms with Crippen LogP contribution in [0.15, 0.2) is 54.9 Å². The number of anilines is 2. The molecule has 0 saturated carbocycles. The van der Waals surface area contributed by atoms with Crippen molar-refractivity contribution >= 4 is 17.4 Å².